The lowest BCUT2D eigenvalue weighted by Crippen LogP contribution is -2.10. The Kier molecular flexibility index (Phi) is 8.90. The van der Waals surface area contributed by atoms with Gasteiger partial charge in [-0.2, -0.15) is 0 Å². The molecule has 0 amide bonds. The number of hydrogen-bond donors (Lipinski definition) is 0. The van der Waals surface area contributed by atoms with Crippen LogP contribution in [0.25, 0.3) is 98.4 Å². The van der Waals surface area contributed by atoms with Crippen molar-refractivity contribution < 1.29 is 0 Å². The predicted octanol–water partition coefficient (Wildman–Crippen LogP) is 17.6. The molecule has 0 unspecified atom stereocenters. The average Bonchev–Trinajstić information content (AvgIpc) is 3.36. The number of anilines is 3. The molecule has 12 aromatic rings. The first kappa shape index (κ1) is 36.6. The topological polar surface area (TPSA) is 3.24 Å². The third-order valence-electron chi connectivity index (χ3n) is 12.8. The zero-order valence-corrected chi connectivity index (χ0v) is 34.6. The molecule has 0 saturated heterocycles. The smallest absolute Gasteiger partial charge is 0.0468 e. The largest absolute Gasteiger partial charge is 0.310 e. The third-order valence-corrected chi connectivity index (χ3v) is 12.8. The first-order valence-electron chi connectivity index (χ1n) is 21.7. The van der Waals surface area contributed by atoms with Gasteiger partial charge in [-0.15, -0.1) is 0 Å². The molecule has 0 bridgehead atoms. The fourth-order valence-corrected chi connectivity index (χ4v) is 9.67. The molecule has 0 fully saturated rings. The highest BCUT2D eigenvalue weighted by Crippen LogP contribution is 2.43. The molecular weight excluding hydrogens is 759 g/mol. The maximum absolute atomic E-state index is 2.42. The van der Waals surface area contributed by atoms with Crippen LogP contribution in [0.2, 0.25) is 0 Å². The Hall–Kier alpha value is -8.26. The minimum Gasteiger partial charge on any atom is -0.310 e. The standard InChI is InChI=1S/C62H41N/c1-3-12-42(13-4-1)50-18-11-19-53(39-50)63(54-34-32-48-27-26-45-16-7-9-20-56(45)61(48)40-54)55-35-37-57(60(41-55)44-14-5-2-6-15-44)47-24-22-43(23-25-47)51-33-36-59-52(38-51)31-30-49-29-28-46-17-8-10-21-58(46)62(49)59/h1-41H. The quantitative estimate of drug-likeness (QED) is 0.145. The monoisotopic (exact) mass is 799 g/mol. The molecule has 0 aliphatic carbocycles. The van der Waals surface area contributed by atoms with Crippen LogP contribution in [0.3, 0.4) is 0 Å². The number of benzene rings is 12. The van der Waals surface area contributed by atoms with Crippen LogP contribution in [-0.2, 0) is 0 Å². The molecule has 0 saturated carbocycles. The van der Waals surface area contributed by atoms with Gasteiger partial charge in [0.05, 0.1) is 0 Å². The summed E-state index contributed by atoms with van der Waals surface area (Å²) >= 11 is 0. The van der Waals surface area contributed by atoms with Crippen molar-refractivity contribution in [2.75, 3.05) is 4.90 Å². The number of hydrogen-bond acceptors (Lipinski definition) is 1. The van der Waals surface area contributed by atoms with E-state index in [1.54, 1.807) is 0 Å². The predicted molar refractivity (Wildman–Crippen MR) is 270 cm³/mol. The Bertz CT molecular complexity index is 3660. The van der Waals surface area contributed by atoms with Crippen LogP contribution < -0.4 is 4.90 Å². The number of nitrogens with zero attached hydrogens (tertiary/aromatic N) is 1. The van der Waals surface area contributed by atoms with E-state index in [-0.39, 0.29) is 0 Å². The van der Waals surface area contributed by atoms with E-state index in [1.165, 1.54) is 98.4 Å². The summed E-state index contributed by atoms with van der Waals surface area (Å²) in [7, 11) is 0. The zero-order chi connectivity index (χ0) is 41.7. The van der Waals surface area contributed by atoms with Crippen LogP contribution in [0.5, 0.6) is 0 Å². The first-order chi connectivity index (χ1) is 31.2. The van der Waals surface area contributed by atoms with Crippen molar-refractivity contribution >= 4 is 70.9 Å². The van der Waals surface area contributed by atoms with Gasteiger partial charge in [0.25, 0.3) is 0 Å². The summed E-state index contributed by atoms with van der Waals surface area (Å²) in [5.41, 5.74) is 12.8. The van der Waals surface area contributed by atoms with Gasteiger partial charge in [-0.25, -0.2) is 0 Å². The molecule has 0 spiro atoms. The van der Waals surface area contributed by atoms with E-state index in [9.17, 15) is 0 Å². The molecule has 0 N–H and O–H groups in total. The van der Waals surface area contributed by atoms with Crippen LogP contribution in [0.15, 0.2) is 249 Å². The fraction of sp³-hybridized carbons (Fsp3) is 0. The van der Waals surface area contributed by atoms with E-state index in [0.717, 1.165) is 17.1 Å². The van der Waals surface area contributed by atoms with Crippen LogP contribution in [0.1, 0.15) is 0 Å². The molecular formula is C62H41N. The molecule has 12 aromatic carbocycles. The highest BCUT2D eigenvalue weighted by atomic mass is 15.1. The molecule has 0 radical (unpaired) electrons. The zero-order valence-electron chi connectivity index (χ0n) is 34.6. The van der Waals surface area contributed by atoms with Crippen molar-refractivity contribution in [2.45, 2.75) is 0 Å². The van der Waals surface area contributed by atoms with Crippen LogP contribution in [0, 0.1) is 0 Å². The highest BCUT2D eigenvalue weighted by molar-refractivity contribution is 6.20. The van der Waals surface area contributed by atoms with E-state index < -0.39 is 0 Å². The Morgan fingerprint density at radius 3 is 1.46 bits per heavy atom. The molecule has 0 aliphatic heterocycles. The SMILES string of the molecule is c1ccc(-c2cccc(N(c3ccc(-c4ccc(-c5ccc6c(ccc7ccc8ccccc8c76)c5)cc4)c(-c4ccccc4)c3)c3ccc4ccc5ccccc5c4c3)c2)cc1. The van der Waals surface area contributed by atoms with Crippen molar-refractivity contribution in [1.29, 1.82) is 0 Å². The van der Waals surface area contributed by atoms with Gasteiger partial charge in [0.15, 0.2) is 0 Å². The lowest BCUT2D eigenvalue weighted by atomic mass is 9.91. The summed E-state index contributed by atoms with van der Waals surface area (Å²) in [6, 6.07) is 91.1. The van der Waals surface area contributed by atoms with Gasteiger partial charge < -0.3 is 4.90 Å². The molecule has 1 heteroatoms. The average molecular weight is 800 g/mol. The summed E-state index contributed by atoms with van der Waals surface area (Å²) in [6.07, 6.45) is 0. The molecule has 294 valence electrons. The van der Waals surface area contributed by atoms with E-state index in [0.29, 0.717) is 0 Å². The van der Waals surface area contributed by atoms with E-state index >= 15 is 0 Å². The van der Waals surface area contributed by atoms with Gasteiger partial charge in [-0.05, 0) is 141 Å². The molecule has 0 heterocycles. The van der Waals surface area contributed by atoms with Crippen molar-refractivity contribution in [3.8, 4) is 44.5 Å². The lowest BCUT2D eigenvalue weighted by Gasteiger charge is -2.28. The maximum Gasteiger partial charge on any atom is 0.0468 e. The second kappa shape index (κ2) is 15.3. The van der Waals surface area contributed by atoms with Gasteiger partial charge in [0, 0.05) is 17.1 Å². The fourth-order valence-electron chi connectivity index (χ4n) is 9.67. The van der Waals surface area contributed by atoms with Crippen molar-refractivity contribution in [3.63, 3.8) is 0 Å². The molecule has 63 heavy (non-hydrogen) atoms. The van der Waals surface area contributed by atoms with Gasteiger partial charge in [-0.1, -0.05) is 206 Å². The molecule has 12 rings (SSSR count). The minimum absolute atomic E-state index is 1.09. The molecule has 0 aliphatic rings. The second-order valence-electron chi connectivity index (χ2n) is 16.5. The van der Waals surface area contributed by atoms with Crippen molar-refractivity contribution in [2.24, 2.45) is 0 Å². The Labute approximate surface area is 367 Å². The molecule has 1 nitrogen and oxygen atoms in total. The van der Waals surface area contributed by atoms with Gasteiger partial charge >= 0.3 is 0 Å². The van der Waals surface area contributed by atoms with Crippen LogP contribution in [-0.4, -0.2) is 0 Å². The summed E-state index contributed by atoms with van der Waals surface area (Å²) < 4.78 is 0. The number of rotatable bonds is 7. The van der Waals surface area contributed by atoms with Crippen LogP contribution >= 0.6 is 0 Å². The highest BCUT2D eigenvalue weighted by Gasteiger charge is 2.18. The summed E-state index contributed by atoms with van der Waals surface area (Å²) in [4.78, 5) is 2.42. The van der Waals surface area contributed by atoms with Gasteiger partial charge in [0.1, 0.15) is 0 Å². The molecule has 0 atom stereocenters. The summed E-state index contributed by atoms with van der Waals surface area (Å²) in [5.74, 6) is 0. The van der Waals surface area contributed by atoms with E-state index in [4.69, 9.17) is 0 Å². The normalized spacial score (nSPS) is 11.5. The van der Waals surface area contributed by atoms with Gasteiger partial charge in [-0.3, -0.25) is 0 Å². The van der Waals surface area contributed by atoms with Crippen LogP contribution in [0.4, 0.5) is 17.1 Å². The molecule has 0 aromatic heterocycles. The summed E-state index contributed by atoms with van der Waals surface area (Å²) in [5, 5.41) is 12.7. The Balaban J connectivity index is 0.977. The second-order valence-corrected chi connectivity index (χ2v) is 16.5. The minimum atomic E-state index is 1.09. The van der Waals surface area contributed by atoms with Crippen molar-refractivity contribution in [3.05, 3.63) is 249 Å². The Morgan fingerprint density at radius 2 is 0.683 bits per heavy atom. The Morgan fingerprint density at radius 1 is 0.206 bits per heavy atom. The van der Waals surface area contributed by atoms with Crippen molar-refractivity contribution in [1.82, 2.24) is 0 Å². The first-order valence-corrected chi connectivity index (χ1v) is 21.7. The van der Waals surface area contributed by atoms with Gasteiger partial charge in [0.2, 0.25) is 0 Å². The van der Waals surface area contributed by atoms with E-state index in [1.807, 2.05) is 0 Å². The lowest BCUT2D eigenvalue weighted by molar-refractivity contribution is 1.29. The number of fused-ring (bicyclic) bond motifs is 8. The van der Waals surface area contributed by atoms with E-state index in [2.05, 4.69) is 254 Å². The third kappa shape index (κ3) is 6.59. The summed E-state index contributed by atoms with van der Waals surface area (Å²) in [6.45, 7) is 0. The maximum atomic E-state index is 2.42.